The van der Waals surface area contributed by atoms with Gasteiger partial charge >= 0.3 is 6.09 Å². The van der Waals surface area contributed by atoms with Crippen LogP contribution < -0.4 is 10.6 Å². The Morgan fingerprint density at radius 3 is 2.61 bits per heavy atom. The van der Waals surface area contributed by atoms with Gasteiger partial charge in [0.25, 0.3) is 5.91 Å². The van der Waals surface area contributed by atoms with Crippen LogP contribution in [0.2, 0.25) is 0 Å². The molecule has 0 aliphatic carbocycles. The molecule has 2 aromatic heterocycles. The van der Waals surface area contributed by atoms with Crippen molar-refractivity contribution >= 4 is 33.0 Å². The number of fused-ring (bicyclic) bond motifs is 2. The molecule has 2 aliphatic heterocycles. The lowest BCUT2D eigenvalue weighted by atomic mass is 10.0. The maximum Gasteiger partial charge on any atom is 0.407 e. The van der Waals surface area contributed by atoms with Crippen molar-refractivity contribution in [1.29, 1.82) is 0 Å². The number of hydrogen-bond acceptors (Lipinski definition) is 10. The summed E-state index contributed by atoms with van der Waals surface area (Å²) in [5, 5.41) is 17.7. The van der Waals surface area contributed by atoms with Crippen molar-refractivity contribution in [2.45, 2.75) is 62.7 Å². The topological polar surface area (TPSA) is 170 Å². The van der Waals surface area contributed by atoms with Crippen molar-refractivity contribution in [2.24, 2.45) is 11.8 Å². The van der Waals surface area contributed by atoms with Crippen LogP contribution in [0, 0.1) is 11.8 Å². The van der Waals surface area contributed by atoms with Gasteiger partial charge in [-0.3, -0.25) is 4.79 Å². The van der Waals surface area contributed by atoms with Crippen LogP contribution >= 0.6 is 0 Å². The first-order chi connectivity index (χ1) is 23.6. The molecule has 13 nitrogen and oxygen atoms in total. The van der Waals surface area contributed by atoms with Crippen LogP contribution in [0.1, 0.15) is 41.9 Å². The molecule has 5 atom stereocenters. The highest BCUT2D eigenvalue weighted by atomic mass is 32.2. The molecule has 3 N–H and O–H groups in total. The van der Waals surface area contributed by atoms with Gasteiger partial charge in [0.05, 0.1) is 48.7 Å². The average Bonchev–Trinajstić information content (AvgIpc) is 3.90. The Morgan fingerprint density at radius 2 is 1.86 bits per heavy atom. The number of nitrogens with one attached hydrogen (secondary N) is 2. The number of furan rings is 2. The molecule has 2 amide bonds. The van der Waals surface area contributed by atoms with E-state index in [-0.39, 0.29) is 55.2 Å². The summed E-state index contributed by atoms with van der Waals surface area (Å²) in [7, 11) is -4.15. The number of hydrogen-bond donors (Lipinski definition) is 3. The van der Waals surface area contributed by atoms with Gasteiger partial charge < -0.3 is 38.8 Å². The number of carbonyl (C=O) groups is 2. The minimum Gasteiger partial charge on any atom is -0.464 e. The summed E-state index contributed by atoms with van der Waals surface area (Å²) < 4.78 is 57.3. The lowest BCUT2D eigenvalue weighted by Crippen LogP contribution is -2.51. The number of ether oxygens (including phenoxy) is 3. The number of alkyl carbamates (subject to hydrolysis) is 1. The van der Waals surface area contributed by atoms with Crippen LogP contribution in [0.5, 0.6) is 0 Å². The van der Waals surface area contributed by atoms with Gasteiger partial charge in [-0.15, -0.1) is 0 Å². The normalized spacial score (nSPS) is 20.4. The highest BCUT2D eigenvalue weighted by Crippen LogP contribution is 2.33. The fourth-order valence-electron chi connectivity index (χ4n) is 6.21. The number of aliphatic hydroxyl groups excluding tert-OH is 1. The summed E-state index contributed by atoms with van der Waals surface area (Å²) in [4.78, 5) is 25.6. The number of amides is 2. The highest BCUT2D eigenvalue weighted by molar-refractivity contribution is 7.89. The molecule has 14 heteroatoms. The molecule has 6 rings (SSSR count). The van der Waals surface area contributed by atoms with Gasteiger partial charge in [-0.2, -0.15) is 4.31 Å². The summed E-state index contributed by atoms with van der Waals surface area (Å²) in [5.41, 5.74) is 1.87. The molecule has 262 valence electrons. The first kappa shape index (κ1) is 34.6. The summed E-state index contributed by atoms with van der Waals surface area (Å²) >= 11 is 0. The Balaban J connectivity index is 1.20. The Bertz CT molecular complexity index is 1830. The number of rotatable bonds is 14. The van der Waals surface area contributed by atoms with Crippen LogP contribution in [0.15, 0.2) is 86.9 Å². The predicted octanol–water partition coefficient (Wildman–Crippen LogP) is 4.06. The molecule has 0 spiro atoms. The number of carbonyl (C=O) groups excluding carboxylic acids is 2. The molecule has 4 aromatic rings. The summed E-state index contributed by atoms with van der Waals surface area (Å²) in [6.07, 6.45) is 0.914. The van der Waals surface area contributed by atoms with Crippen LogP contribution in [0.4, 0.5) is 4.79 Å². The number of aliphatic hydroxyl groups is 1. The highest BCUT2D eigenvalue weighted by Gasteiger charge is 2.44. The Hall–Kier alpha value is -4.21. The van der Waals surface area contributed by atoms with Gasteiger partial charge in [-0.1, -0.05) is 44.2 Å². The van der Waals surface area contributed by atoms with Gasteiger partial charge in [-0.25, -0.2) is 13.2 Å². The Labute approximate surface area is 284 Å². The molecule has 4 heterocycles. The quantitative estimate of drug-likeness (QED) is 0.175. The van der Waals surface area contributed by atoms with Crippen LogP contribution in [0.3, 0.4) is 0 Å². The maximum atomic E-state index is 14.2. The lowest BCUT2D eigenvalue weighted by molar-refractivity contribution is -0.0907. The largest absolute Gasteiger partial charge is 0.464 e. The van der Waals surface area contributed by atoms with E-state index in [2.05, 4.69) is 10.6 Å². The maximum absolute atomic E-state index is 14.2. The molecule has 2 aliphatic rings. The molecule has 0 unspecified atom stereocenters. The zero-order valence-electron chi connectivity index (χ0n) is 27.3. The summed E-state index contributed by atoms with van der Waals surface area (Å²) in [6.45, 7) is 4.41. The first-order valence-corrected chi connectivity index (χ1v) is 17.8. The lowest BCUT2D eigenvalue weighted by Gasteiger charge is -2.31. The molecule has 2 saturated heterocycles. The van der Waals surface area contributed by atoms with E-state index in [9.17, 15) is 23.1 Å². The molecule has 2 fully saturated rings. The molecular weight excluding hydrogens is 654 g/mol. The fraction of sp³-hybridized carbons (Fsp3) is 0.429. The van der Waals surface area contributed by atoms with E-state index in [1.165, 1.54) is 29.0 Å². The Kier molecular flexibility index (Phi) is 10.7. The zero-order valence-corrected chi connectivity index (χ0v) is 28.1. The molecule has 0 radical (unpaired) electrons. The second kappa shape index (κ2) is 15.1. The molecule has 2 aromatic carbocycles. The van der Waals surface area contributed by atoms with Crippen molar-refractivity contribution in [3.05, 3.63) is 90.1 Å². The predicted molar refractivity (Wildman–Crippen MR) is 177 cm³/mol. The van der Waals surface area contributed by atoms with E-state index >= 15 is 0 Å². The Morgan fingerprint density at radius 1 is 1.04 bits per heavy atom. The van der Waals surface area contributed by atoms with Gasteiger partial charge in [0.15, 0.2) is 12.1 Å². The van der Waals surface area contributed by atoms with Gasteiger partial charge in [0.2, 0.25) is 10.0 Å². The second-order valence-electron chi connectivity index (χ2n) is 12.8. The number of benzene rings is 2. The third-order valence-electron chi connectivity index (χ3n) is 8.72. The SMILES string of the molecule is CC(C)CN(C[C@@H](O)[C@H](Cc1ccccc1)NC(=O)O[C@H]1CO[C@H]2OCC[C@H]21)S(=O)(=O)c1ccc2occ(CNC(=O)c3ccco3)c2c1. The first-order valence-electron chi connectivity index (χ1n) is 16.3. The van der Waals surface area contributed by atoms with E-state index in [0.717, 1.165) is 5.56 Å². The van der Waals surface area contributed by atoms with Crippen LogP contribution in [0.25, 0.3) is 11.0 Å². The minimum absolute atomic E-state index is 0.00518. The van der Waals surface area contributed by atoms with Crippen molar-refractivity contribution in [3.63, 3.8) is 0 Å². The molecule has 0 bridgehead atoms. The molecular formula is C35H41N3O10S. The standard InChI is InChI=1S/C35H41N3O10S/c1-22(2)18-38(49(42,43)25-10-11-30-27(16-25)24(20-46-30)17-36-33(40)31-9-6-13-44-31)19-29(39)28(15-23-7-4-3-5-8-23)37-35(41)48-32-21-47-34-26(32)12-14-45-34/h3-11,13,16,20,22,26,28-29,32,34,39H,12,14-15,17-19,21H2,1-2H3,(H,36,40)(H,37,41)/t26-,28-,29+,32-,34+/m0/s1. The van der Waals surface area contributed by atoms with E-state index in [4.69, 9.17) is 23.0 Å². The number of sulfonamides is 1. The van der Waals surface area contributed by atoms with Crippen LogP contribution in [-0.2, 0) is 37.2 Å². The van der Waals surface area contributed by atoms with E-state index in [1.54, 1.807) is 18.2 Å². The van der Waals surface area contributed by atoms with Gasteiger partial charge in [-0.05, 0) is 54.7 Å². The minimum atomic E-state index is -4.15. The molecule has 49 heavy (non-hydrogen) atoms. The third kappa shape index (κ3) is 8.16. The van der Waals surface area contributed by atoms with E-state index < -0.39 is 46.6 Å². The average molecular weight is 696 g/mol. The summed E-state index contributed by atoms with van der Waals surface area (Å²) in [6, 6.07) is 16.1. The van der Waals surface area contributed by atoms with Crippen LogP contribution in [-0.4, -0.2) is 80.7 Å². The van der Waals surface area contributed by atoms with Crippen molar-refractivity contribution in [1.82, 2.24) is 14.9 Å². The van der Waals surface area contributed by atoms with Gasteiger partial charge in [0.1, 0.15) is 11.7 Å². The smallest absolute Gasteiger partial charge is 0.407 e. The van der Waals surface area contributed by atoms with E-state index in [1.807, 2.05) is 44.2 Å². The van der Waals surface area contributed by atoms with Crippen molar-refractivity contribution in [2.75, 3.05) is 26.3 Å². The van der Waals surface area contributed by atoms with E-state index in [0.29, 0.717) is 29.6 Å². The van der Waals surface area contributed by atoms with Gasteiger partial charge in [0, 0.05) is 30.6 Å². The zero-order chi connectivity index (χ0) is 34.5. The fourth-order valence-corrected chi connectivity index (χ4v) is 7.86. The second-order valence-corrected chi connectivity index (χ2v) is 14.7. The number of nitrogens with zero attached hydrogens (tertiary/aromatic N) is 1. The third-order valence-corrected chi connectivity index (χ3v) is 10.5. The molecule has 0 saturated carbocycles. The van der Waals surface area contributed by atoms with Crippen molar-refractivity contribution < 1.29 is 46.2 Å². The van der Waals surface area contributed by atoms with Crippen molar-refractivity contribution in [3.8, 4) is 0 Å². The monoisotopic (exact) mass is 695 g/mol. The summed E-state index contributed by atoms with van der Waals surface area (Å²) in [5.74, 6) is -0.412.